The van der Waals surface area contributed by atoms with Crippen molar-refractivity contribution in [2.45, 2.75) is 40.0 Å². The van der Waals surface area contributed by atoms with E-state index in [1.54, 1.807) is 0 Å². The molecule has 1 N–H and O–H groups in total. The van der Waals surface area contributed by atoms with Crippen molar-refractivity contribution in [3.05, 3.63) is 0 Å². The Bertz CT molecular complexity index is 151. The molecule has 0 aliphatic carbocycles. The SMILES string of the molecule is CCCN(CC(C)C)CC1CCCNC1. The predicted molar refractivity (Wildman–Crippen MR) is 67.2 cm³/mol. The van der Waals surface area contributed by atoms with E-state index >= 15 is 0 Å². The van der Waals surface area contributed by atoms with E-state index in [-0.39, 0.29) is 0 Å². The van der Waals surface area contributed by atoms with Crippen LogP contribution in [0.25, 0.3) is 0 Å². The molecule has 2 nitrogen and oxygen atoms in total. The second kappa shape index (κ2) is 7.24. The van der Waals surface area contributed by atoms with E-state index in [2.05, 4.69) is 31.0 Å². The first-order valence-electron chi connectivity index (χ1n) is 6.65. The number of nitrogens with zero attached hydrogens (tertiary/aromatic N) is 1. The normalized spacial score (nSPS) is 22.6. The molecule has 15 heavy (non-hydrogen) atoms. The minimum Gasteiger partial charge on any atom is -0.316 e. The summed E-state index contributed by atoms with van der Waals surface area (Å²) in [5.41, 5.74) is 0. The number of nitrogens with one attached hydrogen (secondary N) is 1. The van der Waals surface area contributed by atoms with Crippen molar-refractivity contribution in [3.63, 3.8) is 0 Å². The summed E-state index contributed by atoms with van der Waals surface area (Å²) in [7, 11) is 0. The van der Waals surface area contributed by atoms with Crippen molar-refractivity contribution >= 4 is 0 Å². The minimum atomic E-state index is 0.799. The average molecular weight is 212 g/mol. The van der Waals surface area contributed by atoms with Gasteiger partial charge in [-0.25, -0.2) is 0 Å². The highest BCUT2D eigenvalue weighted by molar-refractivity contribution is 4.73. The zero-order valence-corrected chi connectivity index (χ0v) is 10.8. The van der Waals surface area contributed by atoms with Gasteiger partial charge in [0.1, 0.15) is 0 Å². The third kappa shape index (κ3) is 5.53. The topological polar surface area (TPSA) is 15.3 Å². The van der Waals surface area contributed by atoms with Crippen LogP contribution in [0.2, 0.25) is 0 Å². The first-order valence-corrected chi connectivity index (χ1v) is 6.65. The molecule has 0 saturated carbocycles. The van der Waals surface area contributed by atoms with E-state index in [9.17, 15) is 0 Å². The van der Waals surface area contributed by atoms with E-state index in [1.807, 2.05) is 0 Å². The fraction of sp³-hybridized carbons (Fsp3) is 1.00. The Morgan fingerprint density at radius 3 is 2.73 bits per heavy atom. The smallest absolute Gasteiger partial charge is 0.00219 e. The fourth-order valence-corrected chi connectivity index (χ4v) is 2.53. The van der Waals surface area contributed by atoms with Crippen LogP contribution in [0, 0.1) is 11.8 Å². The highest BCUT2D eigenvalue weighted by atomic mass is 15.1. The number of piperidine rings is 1. The zero-order chi connectivity index (χ0) is 11.1. The maximum Gasteiger partial charge on any atom is 0.00219 e. The molecule has 2 heteroatoms. The van der Waals surface area contributed by atoms with Gasteiger partial charge in [0.2, 0.25) is 0 Å². The second-order valence-electron chi connectivity index (χ2n) is 5.37. The lowest BCUT2D eigenvalue weighted by molar-refractivity contribution is 0.190. The molecular formula is C13H28N2. The van der Waals surface area contributed by atoms with Crippen molar-refractivity contribution in [2.24, 2.45) is 11.8 Å². The standard InChI is InChI=1S/C13H28N2/c1-4-8-15(10-12(2)3)11-13-6-5-7-14-9-13/h12-14H,4-11H2,1-3H3. The van der Waals surface area contributed by atoms with Gasteiger partial charge in [-0.1, -0.05) is 20.8 Å². The van der Waals surface area contributed by atoms with Crippen LogP contribution in [0.3, 0.4) is 0 Å². The molecule has 0 bridgehead atoms. The summed E-state index contributed by atoms with van der Waals surface area (Å²) in [6.07, 6.45) is 4.07. The highest BCUT2D eigenvalue weighted by Crippen LogP contribution is 2.13. The minimum absolute atomic E-state index is 0.799. The number of hydrogen-bond donors (Lipinski definition) is 1. The third-order valence-corrected chi connectivity index (χ3v) is 3.08. The molecule has 0 spiro atoms. The van der Waals surface area contributed by atoms with Crippen LogP contribution in [-0.2, 0) is 0 Å². The molecule has 1 aliphatic heterocycles. The second-order valence-corrected chi connectivity index (χ2v) is 5.37. The van der Waals surface area contributed by atoms with Crippen molar-refractivity contribution in [1.82, 2.24) is 10.2 Å². The van der Waals surface area contributed by atoms with Crippen LogP contribution >= 0.6 is 0 Å². The van der Waals surface area contributed by atoms with E-state index in [0.29, 0.717) is 0 Å². The molecule has 0 aromatic carbocycles. The largest absolute Gasteiger partial charge is 0.316 e. The Labute approximate surface area is 95.4 Å². The van der Waals surface area contributed by atoms with Crippen molar-refractivity contribution in [1.29, 1.82) is 0 Å². The van der Waals surface area contributed by atoms with Crippen LogP contribution in [-0.4, -0.2) is 37.6 Å². The van der Waals surface area contributed by atoms with Gasteiger partial charge in [-0.2, -0.15) is 0 Å². The van der Waals surface area contributed by atoms with Crippen molar-refractivity contribution in [2.75, 3.05) is 32.7 Å². The lowest BCUT2D eigenvalue weighted by Crippen LogP contribution is -2.39. The van der Waals surface area contributed by atoms with E-state index in [0.717, 1.165) is 11.8 Å². The van der Waals surface area contributed by atoms with Gasteiger partial charge in [0.25, 0.3) is 0 Å². The van der Waals surface area contributed by atoms with Gasteiger partial charge >= 0.3 is 0 Å². The molecule has 0 aromatic heterocycles. The summed E-state index contributed by atoms with van der Waals surface area (Å²) in [6, 6.07) is 0. The molecule has 1 heterocycles. The van der Waals surface area contributed by atoms with E-state index in [1.165, 1.54) is 52.0 Å². The third-order valence-electron chi connectivity index (χ3n) is 3.08. The molecule has 1 atom stereocenters. The van der Waals surface area contributed by atoms with Gasteiger partial charge in [0.05, 0.1) is 0 Å². The first-order chi connectivity index (χ1) is 7.22. The summed E-state index contributed by atoms with van der Waals surface area (Å²) in [4.78, 5) is 2.66. The van der Waals surface area contributed by atoms with Crippen molar-refractivity contribution < 1.29 is 0 Å². The molecule has 0 aromatic rings. The molecular weight excluding hydrogens is 184 g/mol. The first kappa shape index (κ1) is 13.0. The fourth-order valence-electron chi connectivity index (χ4n) is 2.53. The highest BCUT2D eigenvalue weighted by Gasteiger charge is 2.16. The lowest BCUT2D eigenvalue weighted by atomic mass is 9.98. The van der Waals surface area contributed by atoms with Crippen LogP contribution < -0.4 is 5.32 Å². The molecule has 1 aliphatic rings. The summed E-state index contributed by atoms with van der Waals surface area (Å²) in [6.45, 7) is 13.2. The Kier molecular flexibility index (Phi) is 6.26. The molecule has 0 amide bonds. The van der Waals surface area contributed by atoms with E-state index < -0.39 is 0 Å². The summed E-state index contributed by atoms with van der Waals surface area (Å²) in [5.74, 6) is 1.69. The van der Waals surface area contributed by atoms with Gasteiger partial charge in [0, 0.05) is 13.1 Å². The molecule has 1 fully saturated rings. The van der Waals surface area contributed by atoms with Crippen LogP contribution in [0.15, 0.2) is 0 Å². The van der Waals surface area contributed by atoms with Crippen LogP contribution in [0.1, 0.15) is 40.0 Å². The monoisotopic (exact) mass is 212 g/mol. The quantitative estimate of drug-likeness (QED) is 0.727. The maximum absolute atomic E-state index is 3.51. The van der Waals surface area contributed by atoms with Crippen molar-refractivity contribution in [3.8, 4) is 0 Å². The van der Waals surface area contributed by atoms with Gasteiger partial charge in [-0.15, -0.1) is 0 Å². The molecule has 0 radical (unpaired) electrons. The van der Waals surface area contributed by atoms with Gasteiger partial charge in [-0.3, -0.25) is 0 Å². The number of rotatable bonds is 6. The Morgan fingerprint density at radius 1 is 1.40 bits per heavy atom. The lowest BCUT2D eigenvalue weighted by Gasteiger charge is -2.31. The number of hydrogen-bond acceptors (Lipinski definition) is 2. The summed E-state index contributed by atoms with van der Waals surface area (Å²) in [5, 5.41) is 3.51. The van der Waals surface area contributed by atoms with Gasteiger partial charge < -0.3 is 10.2 Å². The maximum atomic E-state index is 3.51. The molecule has 90 valence electrons. The molecule has 1 rings (SSSR count). The van der Waals surface area contributed by atoms with Crippen LogP contribution in [0.5, 0.6) is 0 Å². The summed E-state index contributed by atoms with van der Waals surface area (Å²) < 4.78 is 0. The molecule has 1 saturated heterocycles. The zero-order valence-electron chi connectivity index (χ0n) is 10.8. The van der Waals surface area contributed by atoms with Gasteiger partial charge in [-0.05, 0) is 50.7 Å². The van der Waals surface area contributed by atoms with Crippen LogP contribution in [0.4, 0.5) is 0 Å². The predicted octanol–water partition coefficient (Wildman–Crippen LogP) is 2.35. The Morgan fingerprint density at radius 2 is 2.20 bits per heavy atom. The molecule has 1 unspecified atom stereocenters. The summed E-state index contributed by atoms with van der Waals surface area (Å²) >= 11 is 0. The Balaban J connectivity index is 2.28. The van der Waals surface area contributed by atoms with Gasteiger partial charge in [0.15, 0.2) is 0 Å². The Hall–Kier alpha value is -0.0800. The van der Waals surface area contributed by atoms with E-state index in [4.69, 9.17) is 0 Å². The average Bonchev–Trinajstić information content (AvgIpc) is 2.18.